The molecule has 3 rings (SSSR count). The minimum Gasteiger partial charge on any atom is -0.358 e. The van der Waals surface area contributed by atoms with Gasteiger partial charge in [0.15, 0.2) is 0 Å². The number of fused-ring (bicyclic) bond motifs is 2. The summed E-state index contributed by atoms with van der Waals surface area (Å²) in [6, 6.07) is 15.6. The van der Waals surface area contributed by atoms with Crippen LogP contribution >= 0.6 is 0 Å². The number of carbonyl (C=O) groups is 2. The molecule has 0 unspecified atom stereocenters. The van der Waals surface area contributed by atoms with Crippen LogP contribution in [0.3, 0.4) is 0 Å². The predicted octanol–water partition coefficient (Wildman–Crippen LogP) is 2.96. The smallest absolute Gasteiger partial charge is 0.0667 e. The maximum absolute atomic E-state index is 12.1. The second-order valence-corrected chi connectivity index (χ2v) is 3.58. The average molecular weight is 414 g/mol. The third-order valence-electron chi connectivity index (χ3n) is 2.66. The molecule has 1 aliphatic carbocycles. The van der Waals surface area contributed by atoms with Crippen LogP contribution in [0, 0.1) is 27.0 Å². The molecule has 0 atom stereocenters. The van der Waals surface area contributed by atoms with Gasteiger partial charge in [-0.3, -0.25) is 0 Å². The Kier molecular flexibility index (Phi) is 10.1. The Bertz CT molecular complexity index is 516. The Balaban J connectivity index is 0. The fourth-order valence-electron chi connectivity index (χ4n) is 1.90. The van der Waals surface area contributed by atoms with Crippen molar-refractivity contribution in [3.8, 4) is 0 Å². The third-order valence-corrected chi connectivity index (χ3v) is 2.66. The Morgan fingerprint density at radius 1 is 0.700 bits per heavy atom. The molecule has 0 bridgehead atoms. The molecule has 4 heteroatoms. The van der Waals surface area contributed by atoms with Crippen LogP contribution in [0.2, 0.25) is 0 Å². The van der Waals surface area contributed by atoms with E-state index in [2.05, 4.69) is 12.1 Å². The molecule has 0 fully saturated rings. The Morgan fingerprint density at radius 3 is 1.40 bits per heavy atom. The summed E-state index contributed by atoms with van der Waals surface area (Å²) in [5.74, 6) is -0.302. The van der Waals surface area contributed by atoms with Crippen LogP contribution in [-0.4, -0.2) is 11.6 Å². The standard InChI is InChI=1S/C14H6O2.2CH3.2Y/c15-13-9-5-1-2-6-10(9)14(16)12-8-4-3-7-11(12)13;;;;/h1-6H;2*1H3;;/q-2;2*-1;;. The van der Waals surface area contributed by atoms with Gasteiger partial charge in [0.1, 0.15) is 0 Å². The maximum atomic E-state index is 12.1. The van der Waals surface area contributed by atoms with Crippen LogP contribution in [0.4, 0.5) is 0 Å². The van der Waals surface area contributed by atoms with Crippen molar-refractivity contribution in [2.24, 2.45) is 0 Å². The van der Waals surface area contributed by atoms with Crippen LogP contribution in [0.5, 0.6) is 0 Å². The zero-order valence-electron chi connectivity index (χ0n) is 11.4. The fourth-order valence-corrected chi connectivity index (χ4v) is 1.90. The van der Waals surface area contributed by atoms with Crippen LogP contribution < -0.4 is 0 Å². The summed E-state index contributed by atoms with van der Waals surface area (Å²) in [4.78, 5) is 24.1. The number of carbonyl (C=O) groups excluding carboxylic acids is 2. The summed E-state index contributed by atoms with van der Waals surface area (Å²) in [6.07, 6.45) is 0. The number of rotatable bonds is 0. The zero-order valence-corrected chi connectivity index (χ0v) is 17.1. The summed E-state index contributed by atoms with van der Waals surface area (Å²) in [5.41, 5.74) is 1.56. The molecule has 0 aliphatic heterocycles. The van der Waals surface area contributed by atoms with Gasteiger partial charge in [-0.15, -0.1) is 0 Å². The van der Waals surface area contributed by atoms with Crippen LogP contribution in [0.1, 0.15) is 31.8 Å². The molecular formula is C16H12O2Y2-4. The number of ketones is 2. The fraction of sp³-hybridized carbons (Fsp3) is 0. The molecule has 0 amide bonds. The van der Waals surface area contributed by atoms with Crippen molar-refractivity contribution >= 4 is 11.6 Å². The van der Waals surface area contributed by atoms with E-state index in [-0.39, 0.29) is 91.8 Å². The molecule has 0 N–H and O–H groups in total. The molecule has 2 radical (unpaired) electrons. The van der Waals surface area contributed by atoms with E-state index < -0.39 is 0 Å². The molecule has 1 aliphatic rings. The SMILES string of the molecule is O=C1c2[c-]cc[c-]c2C(=O)c2ccccc21.[CH3-].[CH3-].[Y].[Y]. The molecular weight excluding hydrogens is 402 g/mol. The van der Waals surface area contributed by atoms with Crippen LogP contribution in [-0.2, 0) is 65.4 Å². The van der Waals surface area contributed by atoms with E-state index in [1.54, 1.807) is 36.4 Å². The van der Waals surface area contributed by atoms with Crippen molar-refractivity contribution in [3.05, 3.63) is 85.6 Å². The molecule has 20 heavy (non-hydrogen) atoms. The first-order valence-electron chi connectivity index (χ1n) is 4.90. The van der Waals surface area contributed by atoms with Gasteiger partial charge in [0, 0.05) is 65.4 Å². The summed E-state index contributed by atoms with van der Waals surface area (Å²) < 4.78 is 0. The molecule has 98 valence electrons. The topological polar surface area (TPSA) is 34.1 Å². The summed E-state index contributed by atoms with van der Waals surface area (Å²) in [6.45, 7) is 0. The van der Waals surface area contributed by atoms with Gasteiger partial charge in [-0.1, -0.05) is 24.3 Å². The van der Waals surface area contributed by atoms with E-state index in [1.165, 1.54) is 0 Å². The largest absolute Gasteiger partial charge is 0.358 e. The van der Waals surface area contributed by atoms with E-state index in [0.717, 1.165) is 0 Å². The number of hydrogen-bond acceptors (Lipinski definition) is 2. The summed E-state index contributed by atoms with van der Waals surface area (Å²) >= 11 is 0. The normalized spacial score (nSPS) is 10.6. The van der Waals surface area contributed by atoms with Crippen molar-refractivity contribution in [1.82, 2.24) is 0 Å². The monoisotopic (exact) mass is 414 g/mol. The van der Waals surface area contributed by atoms with E-state index in [9.17, 15) is 9.59 Å². The summed E-state index contributed by atoms with van der Waals surface area (Å²) in [7, 11) is 0. The Hall–Kier alpha value is -0.0122. The quantitative estimate of drug-likeness (QED) is 0.531. The molecule has 0 saturated heterocycles. The maximum Gasteiger partial charge on any atom is 0.0667 e. The first-order chi connectivity index (χ1) is 7.79. The molecule has 2 aromatic carbocycles. The molecule has 0 saturated carbocycles. The molecule has 2 aromatic rings. The minimum absolute atomic E-state index is 0. The van der Waals surface area contributed by atoms with E-state index in [0.29, 0.717) is 22.3 Å². The number of benzene rings is 2. The van der Waals surface area contributed by atoms with E-state index >= 15 is 0 Å². The third kappa shape index (κ3) is 3.60. The van der Waals surface area contributed by atoms with Crippen LogP contribution in [0.25, 0.3) is 0 Å². The van der Waals surface area contributed by atoms with Crippen molar-refractivity contribution < 1.29 is 75.0 Å². The molecule has 0 heterocycles. The Morgan fingerprint density at radius 2 is 1.05 bits per heavy atom. The van der Waals surface area contributed by atoms with Gasteiger partial charge in [0.05, 0.1) is 11.6 Å². The van der Waals surface area contributed by atoms with E-state index in [4.69, 9.17) is 0 Å². The van der Waals surface area contributed by atoms with Crippen LogP contribution in [0.15, 0.2) is 36.4 Å². The van der Waals surface area contributed by atoms with Crippen molar-refractivity contribution in [3.63, 3.8) is 0 Å². The molecule has 0 aromatic heterocycles. The van der Waals surface area contributed by atoms with Gasteiger partial charge >= 0.3 is 0 Å². The molecule has 2 nitrogen and oxygen atoms in total. The van der Waals surface area contributed by atoms with Crippen molar-refractivity contribution in [2.45, 2.75) is 0 Å². The van der Waals surface area contributed by atoms with Crippen molar-refractivity contribution in [1.29, 1.82) is 0 Å². The van der Waals surface area contributed by atoms with Gasteiger partial charge < -0.3 is 24.4 Å². The minimum atomic E-state index is -0.151. The first kappa shape index (κ1) is 22.3. The van der Waals surface area contributed by atoms with Gasteiger partial charge in [-0.25, -0.2) is 24.3 Å². The van der Waals surface area contributed by atoms with Gasteiger partial charge in [0.2, 0.25) is 0 Å². The second-order valence-electron chi connectivity index (χ2n) is 3.58. The van der Waals surface area contributed by atoms with Gasteiger partial charge in [-0.2, -0.15) is 11.1 Å². The van der Waals surface area contributed by atoms with Crippen molar-refractivity contribution in [2.75, 3.05) is 0 Å². The second kappa shape index (κ2) is 9.10. The summed E-state index contributed by atoms with van der Waals surface area (Å²) in [5, 5.41) is 0. The first-order valence-corrected chi connectivity index (χ1v) is 4.90. The van der Waals surface area contributed by atoms with Gasteiger partial charge in [-0.05, 0) is 11.1 Å². The zero-order chi connectivity index (χ0) is 11.1. The average Bonchev–Trinajstić information content (AvgIpc) is 2.36. The Labute approximate surface area is 170 Å². The number of hydrogen-bond donors (Lipinski definition) is 0. The van der Waals surface area contributed by atoms with E-state index in [1.807, 2.05) is 0 Å². The molecule has 0 spiro atoms. The predicted molar refractivity (Wildman–Crippen MR) is 70.2 cm³/mol. The van der Waals surface area contributed by atoms with Gasteiger partial charge in [0.25, 0.3) is 0 Å².